The first-order valence-corrected chi connectivity index (χ1v) is 6.05. The fourth-order valence-corrected chi connectivity index (χ4v) is 1.84. The van der Waals surface area contributed by atoms with Crippen LogP contribution >= 0.6 is 0 Å². The number of benzene rings is 1. The largest absolute Gasteiger partial charge is 0.399 e. The molecule has 0 bridgehead atoms. The zero-order valence-corrected chi connectivity index (χ0v) is 10.7. The van der Waals surface area contributed by atoms with Gasteiger partial charge in [-0.15, -0.1) is 0 Å². The van der Waals surface area contributed by atoms with Gasteiger partial charge in [-0.1, -0.05) is 26.0 Å². The number of hydrogen-bond acceptors (Lipinski definition) is 3. The van der Waals surface area contributed by atoms with Gasteiger partial charge in [0.1, 0.15) is 0 Å². The molecule has 92 valence electrons. The molecule has 0 saturated carbocycles. The number of anilines is 1. The van der Waals surface area contributed by atoms with Crippen LogP contribution in [0.5, 0.6) is 0 Å². The van der Waals surface area contributed by atoms with Gasteiger partial charge in [0.05, 0.1) is 6.07 Å². The Kier molecular flexibility index (Phi) is 5.51. The Morgan fingerprint density at radius 2 is 1.94 bits per heavy atom. The number of rotatable bonds is 6. The van der Waals surface area contributed by atoms with Crippen molar-refractivity contribution in [3.63, 3.8) is 0 Å². The summed E-state index contributed by atoms with van der Waals surface area (Å²) in [4.78, 5) is 2.32. The summed E-state index contributed by atoms with van der Waals surface area (Å²) in [5.74, 6) is 0.613. The molecule has 0 aliphatic heterocycles. The lowest BCUT2D eigenvalue weighted by atomic mass is 10.1. The van der Waals surface area contributed by atoms with E-state index in [-0.39, 0.29) is 0 Å². The molecule has 0 spiro atoms. The first-order valence-electron chi connectivity index (χ1n) is 6.05. The van der Waals surface area contributed by atoms with Crippen LogP contribution in [0.15, 0.2) is 24.3 Å². The molecule has 0 atom stereocenters. The first kappa shape index (κ1) is 13.5. The van der Waals surface area contributed by atoms with E-state index in [2.05, 4.69) is 36.9 Å². The molecule has 3 nitrogen and oxygen atoms in total. The molecule has 2 N–H and O–H groups in total. The maximum atomic E-state index is 8.66. The van der Waals surface area contributed by atoms with Gasteiger partial charge in [-0.25, -0.2) is 0 Å². The third-order valence-corrected chi connectivity index (χ3v) is 2.55. The maximum absolute atomic E-state index is 8.66. The van der Waals surface area contributed by atoms with Crippen molar-refractivity contribution in [3.05, 3.63) is 29.8 Å². The molecule has 0 saturated heterocycles. The van der Waals surface area contributed by atoms with Crippen LogP contribution in [0.25, 0.3) is 0 Å². The van der Waals surface area contributed by atoms with Gasteiger partial charge in [0.25, 0.3) is 0 Å². The summed E-state index contributed by atoms with van der Waals surface area (Å²) in [5.41, 5.74) is 7.70. The average Bonchev–Trinajstić information content (AvgIpc) is 2.28. The minimum atomic E-state index is 0.585. The molecule has 0 aliphatic carbocycles. The van der Waals surface area contributed by atoms with Crippen molar-refractivity contribution in [3.8, 4) is 6.07 Å². The highest BCUT2D eigenvalue weighted by atomic mass is 15.1. The molecule has 0 fully saturated rings. The van der Waals surface area contributed by atoms with Crippen LogP contribution in [0, 0.1) is 17.2 Å². The Morgan fingerprint density at radius 1 is 1.29 bits per heavy atom. The lowest BCUT2D eigenvalue weighted by Gasteiger charge is -2.23. The van der Waals surface area contributed by atoms with Gasteiger partial charge in [0, 0.05) is 31.7 Å². The Morgan fingerprint density at radius 3 is 2.47 bits per heavy atom. The van der Waals surface area contributed by atoms with Crippen molar-refractivity contribution in [1.82, 2.24) is 4.90 Å². The Labute approximate surface area is 104 Å². The van der Waals surface area contributed by atoms with Gasteiger partial charge in [-0.05, 0) is 23.6 Å². The van der Waals surface area contributed by atoms with Crippen molar-refractivity contribution in [2.75, 3.05) is 18.8 Å². The monoisotopic (exact) mass is 231 g/mol. The summed E-state index contributed by atoms with van der Waals surface area (Å²) in [7, 11) is 0. The summed E-state index contributed by atoms with van der Waals surface area (Å²) >= 11 is 0. The highest BCUT2D eigenvalue weighted by molar-refractivity contribution is 5.39. The van der Waals surface area contributed by atoms with Crippen molar-refractivity contribution >= 4 is 5.69 Å². The molecule has 0 amide bonds. The third-order valence-electron chi connectivity index (χ3n) is 2.55. The molecular formula is C14H21N3. The molecule has 0 heterocycles. The fraction of sp³-hybridized carbons (Fsp3) is 0.500. The summed E-state index contributed by atoms with van der Waals surface area (Å²) in [6, 6.07) is 10.2. The van der Waals surface area contributed by atoms with Gasteiger partial charge in [0.15, 0.2) is 0 Å². The maximum Gasteiger partial charge on any atom is 0.0635 e. The second kappa shape index (κ2) is 6.93. The summed E-state index contributed by atoms with van der Waals surface area (Å²) < 4.78 is 0. The van der Waals surface area contributed by atoms with E-state index in [9.17, 15) is 0 Å². The van der Waals surface area contributed by atoms with Gasteiger partial charge >= 0.3 is 0 Å². The van der Waals surface area contributed by atoms with Crippen LogP contribution < -0.4 is 5.73 Å². The number of nitrogens with zero attached hydrogens (tertiary/aromatic N) is 2. The molecule has 1 rings (SSSR count). The number of nitriles is 1. The van der Waals surface area contributed by atoms with Crippen molar-refractivity contribution in [2.45, 2.75) is 26.8 Å². The van der Waals surface area contributed by atoms with E-state index in [0.717, 1.165) is 25.3 Å². The van der Waals surface area contributed by atoms with E-state index < -0.39 is 0 Å². The SMILES string of the molecule is CC(C)CN(CCC#N)Cc1ccc(N)cc1. The molecule has 17 heavy (non-hydrogen) atoms. The van der Waals surface area contributed by atoms with Crippen LogP contribution in [-0.2, 0) is 6.54 Å². The number of nitrogens with two attached hydrogens (primary N) is 1. The molecule has 0 radical (unpaired) electrons. The topological polar surface area (TPSA) is 53.0 Å². The fourth-order valence-electron chi connectivity index (χ4n) is 1.84. The number of nitrogen functional groups attached to an aromatic ring is 1. The van der Waals surface area contributed by atoms with E-state index in [0.29, 0.717) is 12.3 Å². The lowest BCUT2D eigenvalue weighted by Crippen LogP contribution is -2.28. The minimum absolute atomic E-state index is 0.585. The predicted molar refractivity (Wildman–Crippen MR) is 71.2 cm³/mol. The molecule has 3 heteroatoms. The van der Waals surface area contributed by atoms with Crippen molar-refractivity contribution < 1.29 is 0 Å². The van der Waals surface area contributed by atoms with Gasteiger partial charge < -0.3 is 5.73 Å². The molecule has 0 aliphatic rings. The van der Waals surface area contributed by atoms with Crippen LogP contribution in [-0.4, -0.2) is 18.0 Å². The minimum Gasteiger partial charge on any atom is -0.399 e. The van der Waals surface area contributed by atoms with E-state index in [1.807, 2.05) is 12.1 Å². The lowest BCUT2D eigenvalue weighted by molar-refractivity contribution is 0.241. The van der Waals surface area contributed by atoms with Crippen molar-refractivity contribution in [2.24, 2.45) is 5.92 Å². The zero-order chi connectivity index (χ0) is 12.7. The molecule has 1 aromatic carbocycles. The normalized spacial score (nSPS) is 10.8. The van der Waals surface area contributed by atoms with Crippen LogP contribution in [0.2, 0.25) is 0 Å². The standard InChI is InChI=1S/C14H21N3/c1-12(2)10-17(9-3-8-15)11-13-4-6-14(16)7-5-13/h4-7,12H,3,9-11,16H2,1-2H3. The molecule has 1 aromatic rings. The van der Waals surface area contributed by atoms with E-state index in [1.165, 1.54) is 5.56 Å². The van der Waals surface area contributed by atoms with Gasteiger partial charge in [-0.3, -0.25) is 4.90 Å². The highest BCUT2D eigenvalue weighted by Gasteiger charge is 2.07. The van der Waals surface area contributed by atoms with E-state index >= 15 is 0 Å². The molecule has 0 aromatic heterocycles. The Bertz CT molecular complexity index is 362. The van der Waals surface area contributed by atoms with E-state index in [1.54, 1.807) is 0 Å². The summed E-state index contributed by atoms with van der Waals surface area (Å²) in [5, 5.41) is 8.66. The summed E-state index contributed by atoms with van der Waals surface area (Å²) in [6.45, 7) is 7.13. The second-order valence-electron chi connectivity index (χ2n) is 4.78. The number of hydrogen-bond donors (Lipinski definition) is 1. The molecule has 0 unspecified atom stereocenters. The summed E-state index contributed by atoms with van der Waals surface area (Å²) in [6.07, 6.45) is 0.585. The van der Waals surface area contributed by atoms with Gasteiger partial charge in [0.2, 0.25) is 0 Å². The predicted octanol–water partition coefficient (Wildman–Crippen LogP) is 2.64. The molecular weight excluding hydrogens is 210 g/mol. The van der Waals surface area contributed by atoms with E-state index in [4.69, 9.17) is 11.0 Å². The van der Waals surface area contributed by atoms with Crippen LogP contribution in [0.1, 0.15) is 25.8 Å². The smallest absolute Gasteiger partial charge is 0.0635 e. The van der Waals surface area contributed by atoms with Crippen molar-refractivity contribution in [1.29, 1.82) is 5.26 Å². The van der Waals surface area contributed by atoms with Crippen LogP contribution in [0.4, 0.5) is 5.69 Å². The van der Waals surface area contributed by atoms with Crippen LogP contribution in [0.3, 0.4) is 0 Å². The Hall–Kier alpha value is -1.53. The van der Waals surface area contributed by atoms with Gasteiger partial charge in [-0.2, -0.15) is 5.26 Å². The third kappa shape index (κ3) is 5.37. The highest BCUT2D eigenvalue weighted by Crippen LogP contribution is 2.10. The first-order chi connectivity index (χ1) is 8.11. The zero-order valence-electron chi connectivity index (χ0n) is 10.7. The second-order valence-corrected chi connectivity index (χ2v) is 4.78. The average molecular weight is 231 g/mol. The quantitative estimate of drug-likeness (QED) is 0.766. The Balaban J connectivity index is 2.58.